The maximum atomic E-state index is 11.7. The first kappa shape index (κ1) is 12.9. The summed E-state index contributed by atoms with van der Waals surface area (Å²) in [6.45, 7) is 5.48. The first-order valence-corrected chi connectivity index (χ1v) is 6.23. The predicted molar refractivity (Wildman–Crippen MR) is 63.8 cm³/mol. The molecule has 1 aromatic rings. The molecular weight excluding hydrogens is 224 g/mol. The van der Waals surface area contributed by atoms with E-state index < -0.39 is 11.9 Å². The van der Waals surface area contributed by atoms with Crippen molar-refractivity contribution in [3.63, 3.8) is 0 Å². The van der Waals surface area contributed by atoms with Crippen molar-refractivity contribution < 1.29 is 14.3 Å². The molecule has 4 heteroatoms. The number of carbonyl (C=O) groups excluding carboxylic acids is 2. The Morgan fingerprint density at radius 1 is 1.44 bits per heavy atom. The standard InChI is InChI=1S/C12H16O3S/c1-4-9-6-7-16-11(9)10(8(3)13)12(14)15-5-2/h6-7,10H,4-5H2,1-3H3. The summed E-state index contributed by atoms with van der Waals surface area (Å²) in [7, 11) is 0. The highest BCUT2D eigenvalue weighted by Crippen LogP contribution is 2.28. The Labute approximate surface area is 99.4 Å². The van der Waals surface area contributed by atoms with Crippen molar-refractivity contribution in [1.82, 2.24) is 0 Å². The van der Waals surface area contributed by atoms with Crippen LogP contribution in [0.25, 0.3) is 0 Å². The highest BCUT2D eigenvalue weighted by molar-refractivity contribution is 7.10. The van der Waals surface area contributed by atoms with Gasteiger partial charge in [0.15, 0.2) is 0 Å². The van der Waals surface area contributed by atoms with Gasteiger partial charge in [0.1, 0.15) is 11.7 Å². The molecule has 0 aliphatic carbocycles. The minimum Gasteiger partial charge on any atom is -0.465 e. The molecule has 1 atom stereocenters. The number of esters is 1. The number of Topliss-reactive ketones (excluding diaryl/α,β-unsaturated/α-hetero) is 1. The van der Waals surface area contributed by atoms with E-state index in [9.17, 15) is 9.59 Å². The number of hydrogen-bond donors (Lipinski definition) is 0. The molecule has 1 rings (SSSR count). The molecule has 0 bridgehead atoms. The first-order valence-electron chi connectivity index (χ1n) is 5.35. The smallest absolute Gasteiger partial charge is 0.321 e. The van der Waals surface area contributed by atoms with Gasteiger partial charge in [-0.3, -0.25) is 9.59 Å². The van der Waals surface area contributed by atoms with Gasteiger partial charge in [-0.05, 0) is 37.3 Å². The molecule has 0 aliphatic rings. The molecular formula is C12H16O3S. The van der Waals surface area contributed by atoms with Crippen molar-refractivity contribution in [1.29, 1.82) is 0 Å². The summed E-state index contributed by atoms with van der Waals surface area (Å²) >= 11 is 1.44. The van der Waals surface area contributed by atoms with Gasteiger partial charge < -0.3 is 4.74 Å². The number of hydrogen-bond acceptors (Lipinski definition) is 4. The molecule has 0 fully saturated rings. The van der Waals surface area contributed by atoms with E-state index in [-0.39, 0.29) is 5.78 Å². The molecule has 1 heterocycles. The average Bonchev–Trinajstić information content (AvgIpc) is 2.66. The van der Waals surface area contributed by atoms with Gasteiger partial charge in [-0.2, -0.15) is 0 Å². The fourth-order valence-corrected chi connectivity index (χ4v) is 2.72. The number of aryl methyl sites for hydroxylation is 1. The van der Waals surface area contributed by atoms with Crippen LogP contribution < -0.4 is 0 Å². The predicted octanol–water partition coefficient (Wildman–Crippen LogP) is 2.55. The molecule has 0 spiro atoms. The van der Waals surface area contributed by atoms with Crippen molar-refractivity contribution in [3.8, 4) is 0 Å². The largest absolute Gasteiger partial charge is 0.465 e. The maximum absolute atomic E-state index is 11.7. The molecule has 0 amide bonds. The zero-order valence-corrected chi connectivity index (χ0v) is 10.6. The molecule has 0 radical (unpaired) electrons. The van der Waals surface area contributed by atoms with Gasteiger partial charge in [-0.15, -0.1) is 11.3 Å². The van der Waals surface area contributed by atoms with Gasteiger partial charge in [-0.1, -0.05) is 6.92 Å². The molecule has 3 nitrogen and oxygen atoms in total. The van der Waals surface area contributed by atoms with Gasteiger partial charge in [0.2, 0.25) is 0 Å². The second kappa shape index (κ2) is 5.80. The van der Waals surface area contributed by atoms with Crippen LogP contribution in [0.15, 0.2) is 11.4 Å². The van der Waals surface area contributed by atoms with E-state index in [1.807, 2.05) is 18.4 Å². The zero-order valence-electron chi connectivity index (χ0n) is 9.78. The van der Waals surface area contributed by atoms with Crippen molar-refractivity contribution in [2.75, 3.05) is 6.61 Å². The van der Waals surface area contributed by atoms with Gasteiger partial charge in [0.25, 0.3) is 0 Å². The van der Waals surface area contributed by atoms with Gasteiger partial charge in [0, 0.05) is 4.88 Å². The summed E-state index contributed by atoms with van der Waals surface area (Å²) in [6, 6.07) is 1.95. The Morgan fingerprint density at radius 2 is 2.12 bits per heavy atom. The number of carbonyl (C=O) groups is 2. The Bertz CT molecular complexity index is 381. The third-order valence-electron chi connectivity index (χ3n) is 2.35. The summed E-state index contributed by atoms with van der Waals surface area (Å²) in [6.07, 6.45) is 0.821. The van der Waals surface area contributed by atoms with Crippen LogP contribution in [-0.4, -0.2) is 18.4 Å². The van der Waals surface area contributed by atoms with Crippen molar-refractivity contribution in [2.45, 2.75) is 33.1 Å². The Hall–Kier alpha value is -1.16. The van der Waals surface area contributed by atoms with Crippen LogP contribution in [0, 0.1) is 0 Å². The molecule has 16 heavy (non-hydrogen) atoms. The molecule has 1 unspecified atom stereocenters. The highest BCUT2D eigenvalue weighted by Gasteiger charge is 2.29. The topological polar surface area (TPSA) is 43.4 Å². The van der Waals surface area contributed by atoms with E-state index in [0.717, 1.165) is 16.9 Å². The van der Waals surface area contributed by atoms with E-state index in [4.69, 9.17) is 4.74 Å². The lowest BCUT2D eigenvalue weighted by Gasteiger charge is -2.12. The Morgan fingerprint density at radius 3 is 2.62 bits per heavy atom. The zero-order chi connectivity index (χ0) is 12.1. The van der Waals surface area contributed by atoms with Crippen LogP contribution in [-0.2, 0) is 20.7 Å². The van der Waals surface area contributed by atoms with Crippen LogP contribution >= 0.6 is 11.3 Å². The summed E-state index contributed by atoms with van der Waals surface area (Å²) in [4.78, 5) is 24.1. The monoisotopic (exact) mass is 240 g/mol. The number of rotatable bonds is 5. The molecule has 0 aromatic carbocycles. The number of ketones is 1. The fraction of sp³-hybridized carbons (Fsp3) is 0.500. The lowest BCUT2D eigenvalue weighted by Crippen LogP contribution is -2.22. The van der Waals surface area contributed by atoms with Crippen LogP contribution in [0.2, 0.25) is 0 Å². The first-order chi connectivity index (χ1) is 7.61. The van der Waals surface area contributed by atoms with Crippen LogP contribution in [0.3, 0.4) is 0 Å². The summed E-state index contributed by atoms with van der Waals surface area (Å²) in [5.41, 5.74) is 1.05. The number of ether oxygens (including phenoxy) is 1. The Kier molecular flexibility index (Phi) is 4.68. The molecule has 88 valence electrons. The second-order valence-electron chi connectivity index (χ2n) is 3.46. The summed E-state index contributed by atoms with van der Waals surface area (Å²) < 4.78 is 4.94. The molecule has 1 aromatic heterocycles. The minimum atomic E-state index is -0.741. The van der Waals surface area contributed by atoms with Gasteiger partial charge in [-0.25, -0.2) is 0 Å². The molecule has 0 aliphatic heterocycles. The minimum absolute atomic E-state index is 0.157. The van der Waals surface area contributed by atoms with Crippen LogP contribution in [0.1, 0.15) is 37.1 Å². The van der Waals surface area contributed by atoms with Crippen LogP contribution in [0.5, 0.6) is 0 Å². The molecule has 0 saturated carbocycles. The molecule has 0 N–H and O–H groups in total. The average molecular weight is 240 g/mol. The second-order valence-corrected chi connectivity index (χ2v) is 4.41. The maximum Gasteiger partial charge on any atom is 0.321 e. The third kappa shape index (κ3) is 2.70. The van der Waals surface area contributed by atoms with Crippen molar-refractivity contribution in [3.05, 3.63) is 21.9 Å². The lowest BCUT2D eigenvalue weighted by molar-refractivity contribution is -0.147. The quantitative estimate of drug-likeness (QED) is 0.587. The van der Waals surface area contributed by atoms with E-state index in [1.54, 1.807) is 6.92 Å². The van der Waals surface area contributed by atoms with E-state index in [1.165, 1.54) is 18.3 Å². The Balaban J connectivity index is 3.03. The van der Waals surface area contributed by atoms with Crippen molar-refractivity contribution >= 4 is 23.1 Å². The fourth-order valence-electron chi connectivity index (χ4n) is 1.58. The highest BCUT2D eigenvalue weighted by atomic mass is 32.1. The van der Waals surface area contributed by atoms with Crippen molar-refractivity contribution in [2.24, 2.45) is 0 Å². The van der Waals surface area contributed by atoms with Gasteiger partial charge >= 0.3 is 5.97 Å². The SMILES string of the molecule is CCOC(=O)C(C(C)=O)c1sccc1CC. The normalized spacial score (nSPS) is 12.2. The number of thiophene rings is 1. The van der Waals surface area contributed by atoms with Gasteiger partial charge in [0.05, 0.1) is 6.61 Å². The summed E-state index contributed by atoms with van der Waals surface area (Å²) in [5, 5.41) is 1.91. The molecule has 0 saturated heterocycles. The third-order valence-corrected chi connectivity index (χ3v) is 3.38. The summed E-state index contributed by atoms with van der Waals surface area (Å²) in [5.74, 6) is -1.34. The van der Waals surface area contributed by atoms with Crippen LogP contribution in [0.4, 0.5) is 0 Å². The van der Waals surface area contributed by atoms with E-state index >= 15 is 0 Å². The van der Waals surface area contributed by atoms with E-state index in [2.05, 4.69) is 0 Å². The van der Waals surface area contributed by atoms with E-state index in [0.29, 0.717) is 6.61 Å². The lowest BCUT2D eigenvalue weighted by atomic mass is 9.99.